The molecule has 4 fully saturated rings. The van der Waals surface area contributed by atoms with E-state index in [-0.39, 0.29) is 5.54 Å². The summed E-state index contributed by atoms with van der Waals surface area (Å²) in [5, 5.41) is 14.2. The summed E-state index contributed by atoms with van der Waals surface area (Å²) in [6.07, 6.45) is 11.8. The van der Waals surface area contributed by atoms with Gasteiger partial charge in [0.25, 0.3) is 0 Å². The number of nitriles is 1. The minimum atomic E-state index is 0.290. The van der Waals surface area contributed by atoms with Gasteiger partial charge in [0.1, 0.15) is 6.07 Å². The lowest BCUT2D eigenvalue weighted by Crippen LogP contribution is -2.52. The highest BCUT2D eigenvalue weighted by atomic mass is 15.3. The molecular weight excluding hydrogens is 246 g/mol. The lowest BCUT2D eigenvalue weighted by Gasteiger charge is -2.57. The maximum atomic E-state index is 9.37. The lowest BCUT2D eigenvalue weighted by atomic mass is 9.53. The molecule has 104 valence electrons. The molecule has 5 aliphatic carbocycles. The predicted molar refractivity (Wildman–Crippen MR) is 75.1 cm³/mol. The lowest BCUT2D eigenvalue weighted by molar-refractivity contribution is -0.0507. The maximum Gasteiger partial charge on any atom is 0.165 e. The van der Waals surface area contributed by atoms with Gasteiger partial charge >= 0.3 is 0 Å². The topological polar surface area (TPSA) is 41.6 Å². The summed E-state index contributed by atoms with van der Waals surface area (Å²) in [6.45, 7) is 0. The second-order valence-electron chi connectivity index (χ2n) is 7.79. The van der Waals surface area contributed by atoms with Crippen molar-refractivity contribution in [3.05, 3.63) is 17.0 Å². The van der Waals surface area contributed by atoms with Gasteiger partial charge in [0.05, 0.1) is 5.54 Å². The zero-order valence-electron chi connectivity index (χ0n) is 11.9. The number of hydrogen-bond acceptors (Lipinski definition) is 2. The molecule has 5 aliphatic rings. The van der Waals surface area contributed by atoms with E-state index in [1.165, 1.54) is 56.2 Å². The van der Waals surface area contributed by atoms with Crippen molar-refractivity contribution in [1.29, 1.82) is 5.26 Å². The van der Waals surface area contributed by atoms with Gasteiger partial charge in [-0.15, -0.1) is 0 Å². The van der Waals surface area contributed by atoms with Gasteiger partial charge in [0, 0.05) is 11.3 Å². The highest BCUT2D eigenvalue weighted by molar-refractivity contribution is 5.39. The van der Waals surface area contributed by atoms with E-state index in [2.05, 4.69) is 10.8 Å². The average Bonchev–Trinajstić information content (AvgIpc) is 2.97. The Morgan fingerprint density at radius 3 is 2.30 bits per heavy atom. The molecule has 1 aromatic rings. The zero-order chi connectivity index (χ0) is 13.3. The summed E-state index contributed by atoms with van der Waals surface area (Å²) in [5.74, 6) is 2.81. The Hall–Kier alpha value is -1.30. The Morgan fingerprint density at radius 1 is 1.05 bits per heavy atom. The average molecular weight is 267 g/mol. The van der Waals surface area contributed by atoms with E-state index < -0.39 is 0 Å². The molecule has 6 rings (SSSR count). The second-order valence-corrected chi connectivity index (χ2v) is 7.79. The Morgan fingerprint density at radius 2 is 1.70 bits per heavy atom. The van der Waals surface area contributed by atoms with Gasteiger partial charge in [0.2, 0.25) is 0 Å². The standard InChI is InChI=1S/C17H21N3/c18-10-15-14-2-1-3-16(14)20(19-15)17-7-11-4-12(8-17)6-13(5-11)9-17/h11-13H,1-9H2. The van der Waals surface area contributed by atoms with Crippen LogP contribution in [0.3, 0.4) is 0 Å². The Bertz CT molecular complexity index is 584. The quantitative estimate of drug-likeness (QED) is 0.784. The van der Waals surface area contributed by atoms with Crippen LogP contribution in [0, 0.1) is 29.1 Å². The predicted octanol–water partition coefficient (Wildman–Crippen LogP) is 3.17. The van der Waals surface area contributed by atoms with E-state index in [4.69, 9.17) is 5.10 Å². The molecule has 0 N–H and O–H groups in total. The smallest absolute Gasteiger partial charge is 0.165 e. The van der Waals surface area contributed by atoms with Crippen LogP contribution in [0.5, 0.6) is 0 Å². The largest absolute Gasteiger partial charge is 0.262 e. The summed E-state index contributed by atoms with van der Waals surface area (Å²) >= 11 is 0. The van der Waals surface area contributed by atoms with Gasteiger partial charge < -0.3 is 0 Å². The summed E-state index contributed by atoms with van der Waals surface area (Å²) in [4.78, 5) is 0. The molecule has 4 saturated carbocycles. The van der Waals surface area contributed by atoms with Gasteiger partial charge in [-0.05, 0) is 75.5 Å². The van der Waals surface area contributed by atoms with E-state index in [9.17, 15) is 5.26 Å². The molecule has 0 spiro atoms. The number of fused-ring (bicyclic) bond motifs is 1. The van der Waals surface area contributed by atoms with Gasteiger partial charge in [0.15, 0.2) is 5.69 Å². The molecule has 0 aliphatic heterocycles. The van der Waals surface area contributed by atoms with Crippen molar-refractivity contribution in [1.82, 2.24) is 9.78 Å². The Labute approximate surface area is 120 Å². The SMILES string of the molecule is N#Cc1nn(C23CC4CC(CC(C4)C2)C3)c2c1CCC2. The molecule has 3 nitrogen and oxygen atoms in total. The number of nitrogens with zero attached hydrogens (tertiary/aromatic N) is 3. The highest BCUT2D eigenvalue weighted by Crippen LogP contribution is 2.59. The normalized spacial score (nSPS) is 40.9. The first kappa shape index (κ1) is 11.4. The molecule has 20 heavy (non-hydrogen) atoms. The van der Waals surface area contributed by atoms with Crippen molar-refractivity contribution in [2.24, 2.45) is 17.8 Å². The van der Waals surface area contributed by atoms with Crippen molar-refractivity contribution in [3.8, 4) is 6.07 Å². The fraction of sp³-hybridized carbons (Fsp3) is 0.765. The molecule has 1 heterocycles. The summed E-state index contributed by atoms with van der Waals surface area (Å²) < 4.78 is 2.37. The van der Waals surface area contributed by atoms with Crippen LogP contribution in [0.25, 0.3) is 0 Å². The summed E-state index contributed by atoms with van der Waals surface area (Å²) in [5.41, 5.74) is 3.72. The van der Waals surface area contributed by atoms with Crippen LogP contribution in [0.1, 0.15) is 61.9 Å². The van der Waals surface area contributed by atoms with Gasteiger partial charge in [-0.25, -0.2) is 0 Å². The molecule has 0 atom stereocenters. The van der Waals surface area contributed by atoms with Crippen LogP contribution in [0.4, 0.5) is 0 Å². The van der Waals surface area contributed by atoms with Crippen LogP contribution in [0.15, 0.2) is 0 Å². The van der Waals surface area contributed by atoms with Gasteiger partial charge in [-0.1, -0.05) is 0 Å². The molecular formula is C17H21N3. The van der Waals surface area contributed by atoms with E-state index in [0.717, 1.165) is 36.3 Å². The van der Waals surface area contributed by atoms with E-state index >= 15 is 0 Å². The third-order valence-electron chi connectivity index (χ3n) is 6.49. The summed E-state index contributed by atoms with van der Waals surface area (Å²) in [6, 6.07) is 2.35. The zero-order valence-corrected chi connectivity index (χ0v) is 11.9. The van der Waals surface area contributed by atoms with Crippen molar-refractivity contribution in [2.75, 3.05) is 0 Å². The van der Waals surface area contributed by atoms with Crippen LogP contribution in [0.2, 0.25) is 0 Å². The molecule has 1 aromatic heterocycles. The van der Waals surface area contributed by atoms with E-state index in [1.54, 1.807) is 0 Å². The van der Waals surface area contributed by atoms with E-state index in [0.29, 0.717) is 0 Å². The van der Waals surface area contributed by atoms with Crippen molar-refractivity contribution in [2.45, 2.75) is 63.3 Å². The van der Waals surface area contributed by atoms with Crippen LogP contribution >= 0.6 is 0 Å². The number of aromatic nitrogens is 2. The van der Waals surface area contributed by atoms with Crippen molar-refractivity contribution >= 4 is 0 Å². The molecule has 4 bridgehead atoms. The van der Waals surface area contributed by atoms with Crippen LogP contribution in [-0.4, -0.2) is 9.78 Å². The fourth-order valence-electron chi connectivity index (χ4n) is 6.24. The highest BCUT2D eigenvalue weighted by Gasteiger charge is 2.53. The fourth-order valence-corrected chi connectivity index (χ4v) is 6.24. The van der Waals surface area contributed by atoms with Gasteiger partial charge in [-0.3, -0.25) is 4.68 Å². The monoisotopic (exact) mass is 267 g/mol. The minimum Gasteiger partial charge on any atom is -0.262 e. The van der Waals surface area contributed by atoms with Crippen molar-refractivity contribution in [3.63, 3.8) is 0 Å². The number of hydrogen-bond donors (Lipinski definition) is 0. The third-order valence-corrected chi connectivity index (χ3v) is 6.49. The van der Waals surface area contributed by atoms with Crippen LogP contribution in [-0.2, 0) is 18.4 Å². The first-order valence-corrected chi connectivity index (χ1v) is 8.29. The summed E-state index contributed by atoms with van der Waals surface area (Å²) in [7, 11) is 0. The van der Waals surface area contributed by atoms with Crippen molar-refractivity contribution < 1.29 is 0 Å². The Kier molecular flexibility index (Phi) is 2.08. The first-order chi connectivity index (χ1) is 9.77. The molecule has 3 heteroatoms. The van der Waals surface area contributed by atoms with Gasteiger partial charge in [-0.2, -0.15) is 10.4 Å². The molecule has 0 saturated heterocycles. The molecule has 0 aromatic carbocycles. The molecule has 0 unspecified atom stereocenters. The first-order valence-electron chi connectivity index (χ1n) is 8.29. The molecule has 0 amide bonds. The molecule has 0 radical (unpaired) electrons. The second kappa shape index (κ2) is 3.67. The number of rotatable bonds is 1. The third kappa shape index (κ3) is 1.33. The Balaban J connectivity index is 1.65. The van der Waals surface area contributed by atoms with Crippen LogP contribution < -0.4 is 0 Å². The van der Waals surface area contributed by atoms with E-state index in [1.807, 2.05) is 0 Å². The minimum absolute atomic E-state index is 0.290. The maximum absolute atomic E-state index is 9.37.